The summed E-state index contributed by atoms with van der Waals surface area (Å²) in [7, 11) is 1.50. The number of halogens is 1. The first-order valence-corrected chi connectivity index (χ1v) is 12.3. The zero-order chi connectivity index (χ0) is 27.1. The van der Waals surface area contributed by atoms with E-state index in [1.54, 1.807) is 30.9 Å². The fourth-order valence-corrected chi connectivity index (χ4v) is 4.44. The lowest BCUT2D eigenvalue weighted by atomic mass is 10.1. The van der Waals surface area contributed by atoms with Gasteiger partial charge < -0.3 is 15.0 Å². The molecule has 0 aliphatic heterocycles. The number of benzene rings is 1. The van der Waals surface area contributed by atoms with Gasteiger partial charge in [0, 0.05) is 51.8 Å². The average molecular weight is 522 g/mol. The van der Waals surface area contributed by atoms with Crippen molar-refractivity contribution in [3.63, 3.8) is 0 Å². The van der Waals surface area contributed by atoms with Crippen LogP contribution in [0.2, 0.25) is 0 Å². The Morgan fingerprint density at radius 3 is 2.62 bits per heavy atom. The number of ether oxygens (including phenoxy) is 1. The molecule has 1 aromatic carbocycles. The summed E-state index contributed by atoms with van der Waals surface area (Å²) in [6.07, 6.45) is 6.70. The Morgan fingerprint density at radius 1 is 0.949 bits per heavy atom. The number of aromatic nitrogens is 6. The summed E-state index contributed by atoms with van der Waals surface area (Å²) in [5.74, 6) is -0.217. The Hall–Kier alpha value is -5.12. The van der Waals surface area contributed by atoms with Gasteiger partial charge in [-0.2, -0.15) is 5.10 Å². The number of hydrogen-bond donors (Lipinski definition) is 3. The van der Waals surface area contributed by atoms with Crippen LogP contribution in [0.25, 0.3) is 55.7 Å². The van der Waals surface area contributed by atoms with Crippen LogP contribution < -0.4 is 10.1 Å². The van der Waals surface area contributed by atoms with E-state index in [1.165, 1.54) is 19.2 Å². The van der Waals surface area contributed by atoms with E-state index in [9.17, 15) is 9.18 Å². The molecule has 10 heteroatoms. The molecule has 0 aliphatic rings. The average Bonchev–Trinajstić information content (AvgIpc) is 3.56. The second-order valence-corrected chi connectivity index (χ2v) is 9.48. The minimum absolute atomic E-state index is 0.0844. The van der Waals surface area contributed by atoms with Crippen molar-refractivity contribution in [3.05, 3.63) is 73.1 Å². The molecule has 1 amide bonds. The highest BCUT2D eigenvalue weighted by atomic mass is 19.1. The zero-order valence-electron chi connectivity index (χ0n) is 21.4. The fourth-order valence-electron chi connectivity index (χ4n) is 4.44. The highest BCUT2D eigenvalue weighted by molar-refractivity contribution is 6.00. The molecule has 0 atom stereocenters. The molecule has 0 saturated carbocycles. The van der Waals surface area contributed by atoms with Gasteiger partial charge in [0.1, 0.15) is 17.3 Å². The van der Waals surface area contributed by atoms with E-state index >= 15 is 0 Å². The second-order valence-electron chi connectivity index (χ2n) is 9.48. The van der Waals surface area contributed by atoms with Crippen molar-refractivity contribution >= 4 is 33.4 Å². The number of carbonyl (C=O) groups excluding carboxylic acids is 1. The number of H-pyrrole nitrogens is 2. The second kappa shape index (κ2) is 9.64. The van der Waals surface area contributed by atoms with E-state index in [-0.39, 0.29) is 11.8 Å². The molecule has 5 aromatic heterocycles. The van der Waals surface area contributed by atoms with E-state index < -0.39 is 5.82 Å². The van der Waals surface area contributed by atoms with Crippen LogP contribution in [-0.4, -0.2) is 43.2 Å². The van der Waals surface area contributed by atoms with Crippen molar-refractivity contribution in [2.45, 2.75) is 13.8 Å². The molecule has 0 fully saturated rings. The highest BCUT2D eigenvalue weighted by Crippen LogP contribution is 2.35. The maximum atomic E-state index is 14.2. The van der Waals surface area contributed by atoms with Gasteiger partial charge in [0.05, 0.1) is 47.8 Å². The lowest BCUT2D eigenvalue weighted by Crippen LogP contribution is -2.17. The summed E-state index contributed by atoms with van der Waals surface area (Å²) >= 11 is 0. The van der Waals surface area contributed by atoms with Crippen LogP contribution in [0, 0.1) is 11.7 Å². The first kappa shape index (κ1) is 24.2. The minimum Gasteiger partial charge on any atom is -0.497 e. The van der Waals surface area contributed by atoms with Crippen molar-refractivity contribution < 1.29 is 13.9 Å². The maximum absolute atomic E-state index is 14.2. The lowest BCUT2D eigenvalue weighted by molar-refractivity contribution is -0.118. The Kier molecular flexibility index (Phi) is 5.99. The molecule has 6 aromatic rings. The minimum atomic E-state index is -0.403. The topological polar surface area (TPSA) is 121 Å². The van der Waals surface area contributed by atoms with Crippen molar-refractivity contribution in [1.82, 2.24) is 30.1 Å². The summed E-state index contributed by atoms with van der Waals surface area (Å²) in [5.41, 5.74) is 6.34. The third-order valence-electron chi connectivity index (χ3n) is 6.46. The molecule has 0 spiro atoms. The molecule has 0 saturated heterocycles. The van der Waals surface area contributed by atoms with E-state index in [0.717, 1.165) is 33.1 Å². The first-order chi connectivity index (χ1) is 18.9. The number of amides is 1. The number of hydrogen-bond acceptors (Lipinski definition) is 6. The molecule has 5 heterocycles. The summed E-state index contributed by atoms with van der Waals surface area (Å²) < 4.78 is 19.5. The quantitative estimate of drug-likeness (QED) is 0.248. The summed E-state index contributed by atoms with van der Waals surface area (Å²) in [4.78, 5) is 28.9. The zero-order valence-corrected chi connectivity index (χ0v) is 21.4. The molecular formula is C29H24FN7O2. The molecule has 9 nitrogen and oxygen atoms in total. The van der Waals surface area contributed by atoms with Gasteiger partial charge in [-0.15, -0.1) is 0 Å². The van der Waals surface area contributed by atoms with Crippen LogP contribution in [0.1, 0.15) is 13.8 Å². The Balaban J connectivity index is 1.41. The monoisotopic (exact) mass is 521 g/mol. The van der Waals surface area contributed by atoms with Crippen molar-refractivity contribution in [2.24, 2.45) is 5.92 Å². The van der Waals surface area contributed by atoms with Crippen LogP contribution in [0.3, 0.4) is 0 Å². The van der Waals surface area contributed by atoms with Gasteiger partial charge in [0.25, 0.3) is 0 Å². The fraction of sp³-hybridized carbons (Fsp3) is 0.138. The smallest absolute Gasteiger partial charge is 0.226 e. The van der Waals surface area contributed by atoms with Gasteiger partial charge in [-0.05, 0) is 36.4 Å². The molecule has 3 N–H and O–H groups in total. The van der Waals surface area contributed by atoms with Crippen LogP contribution >= 0.6 is 0 Å². The number of aromatic amines is 2. The van der Waals surface area contributed by atoms with Crippen LogP contribution in [-0.2, 0) is 4.79 Å². The number of methoxy groups -OCH3 is 1. The molecular weight excluding hydrogens is 497 g/mol. The summed E-state index contributed by atoms with van der Waals surface area (Å²) in [6.45, 7) is 3.67. The van der Waals surface area contributed by atoms with Gasteiger partial charge in [-0.1, -0.05) is 13.8 Å². The van der Waals surface area contributed by atoms with E-state index in [4.69, 9.17) is 4.74 Å². The van der Waals surface area contributed by atoms with Crippen LogP contribution in [0.4, 0.5) is 10.1 Å². The lowest BCUT2D eigenvalue weighted by Gasteiger charge is -2.08. The molecule has 39 heavy (non-hydrogen) atoms. The van der Waals surface area contributed by atoms with Crippen molar-refractivity contribution in [2.75, 3.05) is 12.4 Å². The third kappa shape index (κ3) is 4.56. The molecule has 0 radical (unpaired) electrons. The summed E-state index contributed by atoms with van der Waals surface area (Å²) in [6, 6.07) is 12.1. The third-order valence-corrected chi connectivity index (χ3v) is 6.46. The Bertz CT molecular complexity index is 1860. The Morgan fingerprint density at radius 2 is 1.79 bits per heavy atom. The van der Waals surface area contributed by atoms with Crippen LogP contribution in [0.5, 0.6) is 5.75 Å². The summed E-state index contributed by atoms with van der Waals surface area (Å²) in [5, 5.41) is 12.1. The number of nitrogens with zero attached hydrogens (tertiary/aromatic N) is 4. The van der Waals surface area contributed by atoms with E-state index in [2.05, 4.69) is 35.5 Å². The van der Waals surface area contributed by atoms with Gasteiger partial charge in [-0.3, -0.25) is 24.8 Å². The van der Waals surface area contributed by atoms with E-state index in [0.29, 0.717) is 34.1 Å². The number of carbonyl (C=O) groups is 1. The predicted octanol–water partition coefficient (Wildman–Crippen LogP) is 5.97. The van der Waals surface area contributed by atoms with Gasteiger partial charge in [0.2, 0.25) is 5.91 Å². The van der Waals surface area contributed by atoms with E-state index in [1.807, 2.05) is 38.1 Å². The standard InChI is InChI=1S/C29H24FN7O2/c1-15(2)29(38)34-19-7-17(12-31-13-19)24-10-22-26(14-33-24)36-37-28(22)25-11-21-23(35-25)4-5-32-27(21)16-6-18(30)9-20(8-16)39-3/h4-15,35H,1-3H3,(H,34,38)(H,36,37). The Labute approximate surface area is 222 Å². The maximum Gasteiger partial charge on any atom is 0.226 e. The number of pyridine rings is 3. The molecule has 6 rings (SSSR count). The molecule has 0 unspecified atom stereocenters. The molecule has 0 aliphatic carbocycles. The van der Waals surface area contributed by atoms with Crippen molar-refractivity contribution in [3.8, 4) is 39.7 Å². The largest absolute Gasteiger partial charge is 0.497 e. The predicted molar refractivity (Wildman–Crippen MR) is 148 cm³/mol. The number of rotatable bonds is 6. The molecule has 194 valence electrons. The number of nitrogens with one attached hydrogen (secondary N) is 3. The number of fused-ring (bicyclic) bond motifs is 2. The first-order valence-electron chi connectivity index (χ1n) is 12.3. The van der Waals surface area contributed by atoms with Crippen molar-refractivity contribution in [1.29, 1.82) is 0 Å². The molecule has 0 bridgehead atoms. The SMILES string of the molecule is COc1cc(F)cc(-c2nccc3[nH]c(-c4n[nH]c5cnc(-c6cncc(NC(=O)C(C)C)c6)cc45)cc23)c1. The van der Waals surface area contributed by atoms with Gasteiger partial charge >= 0.3 is 0 Å². The highest BCUT2D eigenvalue weighted by Gasteiger charge is 2.17. The van der Waals surface area contributed by atoms with Gasteiger partial charge in [0.15, 0.2) is 0 Å². The van der Waals surface area contributed by atoms with Gasteiger partial charge in [-0.25, -0.2) is 4.39 Å². The van der Waals surface area contributed by atoms with Crippen LogP contribution in [0.15, 0.2) is 67.3 Å². The number of anilines is 1. The normalized spacial score (nSPS) is 11.4.